The Bertz CT molecular complexity index is 376. The standard InChI is InChI=1S/C11H12N2/c1-8-4-3-5-11(9(8)2)13-7-10(13)6-12/h3-5,10H,7H2,1-2H3. The fourth-order valence-electron chi connectivity index (χ4n) is 1.56. The highest BCUT2D eigenvalue weighted by Crippen LogP contribution is 2.31. The highest BCUT2D eigenvalue weighted by atomic mass is 15.3. The fourth-order valence-corrected chi connectivity index (χ4v) is 1.56. The van der Waals surface area contributed by atoms with E-state index in [-0.39, 0.29) is 6.04 Å². The van der Waals surface area contributed by atoms with Crippen LogP contribution in [0.3, 0.4) is 0 Å². The van der Waals surface area contributed by atoms with Crippen LogP contribution in [0.15, 0.2) is 18.2 Å². The maximum absolute atomic E-state index is 8.71. The quantitative estimate of drug-likeness (QED) is 0.606. The molecule has 1 fully saturated rings. The minimum atomic E-state index is 0.112. The maximum atomic E-state index is 8.71. The molecule has 1 atom stereocenters. The Morgan fingerprint density at radius 3 is 2.85 bits per heavy atom. The number of benzene rings is 1. The highest BCUT2D eigenvalue weighted by molar-refractivity contribution is 5.62. The molecule has 1 saturated heterocycles. The van der Waals surface area contributed by atoms with Gasteiger partial charge in [-0.25, -0.2) is 0 Å². The van der Waals surface area contributed by atoms with E-state index < -0.39 is 0 Å². The predicted molar refractivity (Wildman–Crippen MR) is 52.7 cm³/mol. The van der Waals surface area contributed by atoms with Gasteiger partial charge in [-0.15, -0.1) is 0 Å². The molecule has 66 valence electrons. The largest absolute Gasteiger partial charge is 0.351 e. The zero-order valence-corrected chi connectivity index (χ0v) is 7.91. The molecule has 0 aliphatic carbocycles. The summed E-state index contributed by atoms with van der Waals surface area (Å²) in [6.45, 7) is 5.10. The second kappa shape index (κ2) is 2.77. The van der Waals surface area contributed by atoms with Crippen molar-refractivity contribution < 1.29 is 0 Å². The molecule has 0 radical (unpaired) electrons. The van der Waals surface area contributed by atoms with E-state index in [9.17, 15) is 0 Å². The molecule has 0 spiro atoms. The molecule has 2 rings (SSSR count). The first-order valence-corrected chi connectivity index (χ1v) is 4.46. The van der Waals surface area contributed by atoms with Gasteiger partial charge < -0.3 is 4.90 Å². The van der Waals surface area contributed by atoms with Crippen LogP contribution in [-0.2, 0) is 0 Å². The van der Waals surface area contributed by atoms with Crippen LogP contribution in [0.25, 0.3) is 0 Å². The minimum absolute atomic E-state index is 0.112. The van der Waals surface area contributed by atoms with Crippen molar-refractivity contribution in [1.82, 2.24) is 0 Å². The summed E-state index contributed by atoms with van der Waals surface area (Å²) >= 11 is 0. The molecule has 0 amide bonds. The summed E-state index contributed by atoms with van der Waals surface area (Å²) < 4.78 is 0. The van der Waals surface area contributed by atoms with Crippen LogP contribution in [0.5, 0.6) is 0 Å². The lowest BCUT2D eigenvalue weighted by atomic mass is 10.1. The van der Waals surface area contributed by atoms with E-state index in [2.05, 4.69) is 36.9 Å². The Morgan fingerprint density at radius 1 is 1.46 bits per heavy atom. The van der Waals surface area contributed by atoms with Crippen molar-refractivity contribution in [2.24, 2.45) is 0 Å². The van der Waals surface area contributed by atoms with Crippen molar-refractivity contribution in [3.8, 4) is 6.07 Å². The summed E-state index contributed by atoms with van der Waals surface area (Å²) in [5.74, 6) is 0. The fraction of sp³-hybridized carbons (Fsp3) is 0.364. The van der Waals surface area contributed by atoms with Crippen molar-refractivity contribution >= 4 is 5.69 Å². The number of nitriles is 1. The predicted octanol–water partition coefficient (Wildman–Crippen LogP) is 2.02. The van der Waals surface area contributed by atoms with Gasteiger partial charge in [0.15, 0.2) is 0 Å². The molecule has 0 aromatic heterocycles. The molecule has 1 heterocycles. The van der Waals surface area contributed by atoms with E-state index in [1.165, 1.54) is 16.8 Å². The van der Waals surface area contributed by atoms with Crippen LogP contribution in [0.4, 0.5) is 5.69 Å². The van der Waals surface area contributed by atoms with Crippen molar-refractivity contribution in [1.29, 1.82) is 5.26 Å². The van der Waals surface area contributed by atoms with Crippen LogP contribution in [-0.4, -0.2) is 12.6 Å². The Morgan fingerprint density at radius 2 is 2.23 bits per heavy atom. The summed E-state index contributed by atoms with van der Waals surface area (Å²) in [6, 6.07) is 8.60. The Kier molecular flexibility index (Phi) is 1.73. The molecule has 1 aromatic carbocycles. The van der Waals surface area contributed by atoms with Gasteiger partial charge in [-0.3, -0.25) is 0 Å². The Hall–Kier alpha value is -1.49. The molecular formula is C11H12N2. The molecule has 2 nitrogen and oxygen atoms in total. The third-order valence-corrected chi connectivity index (χ3v) is 2.65. The first-order valence-electron chi connectivity index (χ1n) is 4.46. The van der Waals surface area contributed by atoms with Gasteiger partial charge >= 0.3 is 0 Å². The molecule has 1 aliphatic rings. The summed E-state index contributed by atoms with van der Waals surface area (Å²) in [5.41, 5.74) is 3.80. The van der Waals surface area contributed by atoms with E-state index in [0.717, 1.165) is 6.54 Å². The molecule has 0 N–H and O–H groups in total. The van der Waals surface area contributed by atoms with Crippen LogP contribution < -0.4 is 4.90 Å². The number of hydrogen-bond acceptors (Lipinski definition) is 2. The normalized spacial score (nSPS) is 19.8. The van der Waals surface area contributed by atoms with Crippen LogP contribution >= 0.6 is 0 Å². The Labute approximate surface area is 78.4 Å². The van der Waals surface area contributed by atoms with Crippen molar-refractivity contribution in [3.63, 3.8) is 0 Å². The molecule has 13 heavy (non-hydrogen) atoms. The molecule has 1 unspecified atom stereocenters. The highest BCUT2D eigenvalue weighted by Gasteiger charge is 2.34. The average molecular weight is 172 g/mol. The molecule has 0 bridgehead atoms. The molecule has 0 saturated carbocycles. The van der Waals surface area contributed by atoms with E-state index >= 15 is 0 Å². The zero-order valence-electron chi connectivity index (χ0n) is 7.91. The molecule has 1 aromatic rings. The van der Waals surface area contributed by atoms with Crippen LogP contribution in [0, 0.1) is 25.2 Å². The van der Waals surface area contributed by atoms with Gasteiger partial charge in [-0.05, 0) is 31.0 Å². The zero-order chi connectivity index (χ0) is 9.42. The van der Waals surface area contributed by atoms with Crippen molar-refractivity contribution in [3.05, 3.63) is 29.3 Å². The number of nitrogens with zero attached hydrogens (tertiary/aromatic N) is 2. The van der Waals surface area contributed by atoms with E-state index in [0.29, 0.717) is 0 Å². The average Bonchev–Trinajstić information content (AvgIpc) is 2.89. The second-order valence-electron chi connectivity index (χ2n) is 3.52. The summed E-state index contributed by atoms with van der Waals surface area (Å²) in [4.78, 5) is 2.13. The molecule has 1 aliphatic heterocycles. The lowest BCUT2D eigenvalue weighted by molar-refractivity contribution is 1.22. The topological polar surface area (TPSA) is 26.8 Å². The molecular weight excluding hydrogens is 160 g/mol. The Balaban J connectivity index is 2.33. The van der Waals surface area contributed by atoms with Gasteiger partial charge in [0, 0.05) is 5.69 Å². The van der Waals surface area contributed by atoms with E-state index in [1.807, 2.05) is 6.07 Å². The first kappa shape index (κ1) is 8.12. The van der Waals surface area contributed by atoms with Crippen LogP contribution in [0.1, 0.15) is 11.1 Å². The van der Waals surface area contributed by atoms with Gasteiger partial charge in [-0.2, -0.15) is 5.26 Å². The minimum Gasteiger partial charge on any atom is -0.351 e. The van der Waals surface area contributed by atoms with Crippen LogP contribution in [0.2, 0.25) is 0 Å². The summed E-state index contributed by atoms with van der Waals surface area (Å²) in [6.07, 6.45) is 0. The number of aryl methyl sites for hydroxylation is 1. The lowest BCUT2D eigenvalue weighted by Crippen LogP contribution is -1.99. The van der Waals surface area contributed by atoms with Crippen molar-refractivity contribution in [2.45, 2.75) is 19.9 Å². The number of rotatable bonds is 1. The number of anilines is 1. The van der Waals surface area contributed by atoms with Crippen molar-refractivity contribution in [2.75, 3.05) is 11.4 Å². The summed E-state index contributed by atoms with van der Waals surface area (Å²) in [7, 11) is 0. The molecule has 2 heteroatoms. The van der Waals surface area contributed by atoms with Gasteiger partial charge in [0.25, 0.3) is 0 Å². The third kappa shape index (κ3) is 1.27. The van der Waals surface area contributed by atoms with Gasteiger partial charge in [0.1, 0.15) is 6.04 Å². The van der Waals surface area contributed by atoms with Gasteiger partial charge in [0.2, 0.25) is 0 Å². The van der Waals surface area contributed by atoms with E-state index in [4.69, 9.17) is 5.26 Å². The number of hydrogen-bond donors (Lipinski definition) is 0. The lowest BCUT2D eigenvalue weighted by Gasteiger charge is -2.09. The second-order valence-corrected chi connectivity index (χ2v) is 3.52. The smallest absolute Gasteiger partial charge is 0.134 e. The van der Waals surface area contributed by atoms with Gasteiger partial charge in [-0.1, -0.05) is 12.1 Å². The first-order chi connectivity index (χ1) is 6.24. The SMILES string of the molecule is Cc1cccc(N2CC2C#N)c1C. The monoisotopic (exact) mass is 172 g/mol. The third-order valence-electron chi connectivity index (χ3n) is 2.65. The van der Waals surface area contributed by atoms with Gasteiger partial charge in [0.05, 0.1) is 12.6 Å². The summed E-state index contributed by atoms with van der Waals surface area (Å²) in [5, 5.41) is 8.71. The van der Waals surface area contributed by atoms with E-state index in [1.54, 1.807) is 0 Å². The maximum Gasteiger partial charge on any atom is 0.134 e.